The zero-order valence-electron chi connectivity index (χ0n) is 10.5. The summed E-state index contributed by atoms with van der Waals surface area (Å²) in [6, 6.07) is 0. The number of ether oxygens (including phenoxy) is 3. The summed E-state index contributed by atoms with van der Waals surface area (Å²) in [7, 11) is -1.49. The molecule has 0 amide bonds. The molecule has 0 N–H and O–H groups in total. The monoisotopic (exact) mass is 280 g/mol. The van der Waals surface area contributed by atoms with Crippen LogP contribution in [0.2, 0.25) is 0 Å². The van der Waals surface area contributed by atoms with Crippen LogP contribution in [-0.2, 0) is 27.8 Å². The molecule has 0 aliphatic rings. The minimum atomic E-state index is -4.12. The van der Waals surface area contributed by atoms with E-state index in [0.717, 1.165) is 7.11 Å². The smallest absolute Gasteiger partial charge is 0.756 e. The molecule has 1 atom stereocenters. The third-order valence-electron chi connectivity index (χ3n) is 1.50. The van der Waals surface area contributed by atoms with Gasteiger partial charge >= 0.3 is 29.6 Å². The first-order valence-corrected chi connectivity index (χ1v) is 6.24. The van der Waals surface area contributed by atoms with Crippen molar-refractivity contribution in [1.29, 1.82) is 0 Å². The summed E-state index contributed by atoms with van der Waals surface area (Å²) >= 11 is 0. The summed E-state index contributed by atoms with van der Waals surface area (Å²) in [6.07, 6.45) is 0. The molecule has 0 aliphatic carbocycles. The molecular formula is C8H18NaO7P. The zero-order valence-corrected chi connectivity index (χ0v) is 13.4. The van der Waals surface area contributed by atoms with Crippen LogP contribution in [-0.4, -0.2) is 53.9 Å². The molecule has 0 spiro atoms. The normalized spacial score (nSPS) is 14.1. The maximum Gasteiger partial charge on any atom is 1.00 e. The summed E-state index contributed by atoms with van der Waals surface area (Å²) < 4.78 is 34.1. The molecule has 0 aromatic rings. The molecule has 9 heteroatoms. The van der Waals surface area contributed by atoms with E-state index in [-0.39, 0.29) is 42.8 Å². The summed E-state index contributed by atoms with van der Waals surface area (Å²) in [4.78, 5) is 10.7. The van der Waals surface area contributed by atoms with E-state index in [0.29, 0.717) is 26.4 Å². The Morgan fingerprint density at radius 3 is 1.88 bits per heavy atom. The molecule has 0 saturated carbocycles. The number of phosphoric ester groups is 1. The topological polar surface area (TPSA) is 86.3 Å². The molecular weight excluding hydrogens is 262 g/mol. The van der Waals surface area contributed by atoms with Gasteiger partial charge in [0.05, 0.1) is 39.6 Å². The SMILES string of the molecule is COCCOCCOCCOP(=O)([O-])OC.[Na+]. The molecule has 1 unspecified atom stereocenters. The van der Waals surface area contributed by atoms with Crippen LogP contribution in [0.4, 0.5) is 0 Å². The van der Waals surface area contributed by atoms with Gasteiger partial charge in [-0.05, 0) is 0 Å². The number of hydrogen-bond donors (Lipinski definition) is 0. The van der Waals surface area contributed by atoms with Crippen molar-refractivity contribution < 1.29 is 62.3 Å². The Kier molecular flexibility index (Phi) is 16.0. The first-order valence-electron chi connectivity index (χ1n) is 4.78. The Bertz CT molecular complexity index is 204. The van der Waals surface area contributed by atoms with E-state index in [2.05, 4.69) is 9.05 Å². The molecule has 0 bridgehead atoms. The van der Waals surface area contributed by atoms with E-state index in [1.165, 1.54) is 0 Å². The third kappa shape index (κ3) is 14.9. The van der Waals surface area contributed by atoms with E-state index in [4.69, 9.17) is 14.2 Å². The number of methoxy groups -OCH3 is 1. The summed E-state index contributed by atoms with van der Waals surface area (Å²) in [6.45, 7) is 1.97. The van der Waals surface area contributed by atoms with E-state index >= 15 is 0 Å². The van der Waals surface area contributed by atoms with Gasteiger partial charge in [0.25, 0.3) is 7.82 Å². The van der Waals surface area contributed by atoms with E-state index in [1.807, 2.05) is 0 Å². The molecule has 7 nitrogen and oxygen atoms in total. The second-order valence-electron chi connectivity index (χ2n) is 2.68. The van der Waals surface area contributed by atoms with Gasteiger partial charge < -0.3 is 28.2 Å². The van der Waals surface area contributed by atoms with Crippen LogP contribution < -0.4 is 34.5 Å². The van der Waals surface area contributed by atoms with Crippen LogP contribution in [0.5, 0.6) is 0 Å². The van der Waals surface area contributed by atoms with Crippen molar-refractivity contribution in [3.05, 3.63) is 0 Å². The summed E-state index contributed by atoms with van der Waals surface area (Å²) in [5.74, 6) is 0. The molecule has 0 aliphatic heterocycles. The Labute approximate surface area is 124 Å². The summed E-state index contributed by atoms with van der Waals surface area (Å²) in [5, 5.41) is 0. The fourth-order valence-electron chi connectivity index (χ4n) is 0.725. The van der Waals surface area contributed by atoms with Crippen molar-refractivity contribution in [3.63, 3.8) is 0 Å². The van der Waals surface area contributed by atoms with Crippen LogP contribution in [0.3, 0.4) is 0 Å². The van der Waals surface area contributed by atoms with Gasteiger partial charge in [-0.25, -0.2) is 0 Å². The number of phosphoric acid groups is 1. The van der Waals surface area contributed by atoms with Crippen molar-refractivity contribution in [3.8, 4) is 0 Å². The van der Waals surface area contributed by atoms with Gasteiger partial charge in [0.1, 0.15) is 0 Å². The molecule has 0 radical (unpaired) electrons. The quantitative estimate of drug-likeness (QED) is 0.224. The van der Waals surface area contributed by atoms with Gasteiger partial charge in [-0.15, -0.1) is 0 Å². The average molecular weight is 280 g/mol. The van der Waals surface area contributed by atoms with Crippen LogP contribution in [0.25, 0.3) is 0 Å². The molecule has 0 aromatic carbocycles. The maximum absolute atomic E-state index is 10.7. The minimum Gasteiger partial charge on any atom is -0.756 e. The van der Waals surface area contributed by atoms with E-state index in [1.54, 1.807) is 7.11 Å². The largest absolute Gasteiger partial charge is 1.00 e. The number of rotatable bonds is 11. The molecule has 0 heterocycles. The van der Waals surface area contributed by atoms with Crippen LogP contribution in [0.15, 0.2) is 0 Å². The van der Waals surface area contributed by atoms with Gasteiger partial charge in [-0.3, -0.25) is 4.57 Å². The van der Waals surface area contributed by atoms with Crippen LogP contribution >= 0.6 is 7.82 Å². The zero-order chi connectivity index (χ0) is 12.3. The van der Waals surface area contributed by atoms with Gasteiger partial charge in [-0.2, -0.15) is 0 Å². The molecule has 0 rings (SSSR count). The predicted octanol–water partition coefficient (Wildman–Crippen LogP) is -3.20. The van der Waals surface area contributed by atoms with Crippen LogP contribution in [0.1, 0.15) is 0 Å². The Morgan fingerprint density at radius 2 is 1.41 bits per heavy atom. The van der Waals surface area contributed by atoms with Gasteiger partial charge in [0, 0.05) is 14.2 Å². The number of hydrogen-bond acceptors (Lipinski definition) is 7. The van der Waals surface area contributed by atoms with Crippen molar-refractivity contribution in [1.82, 2.24) is 0 Å². The third-order valence-corrected chi connectivity index (χ3v) is 2.45. The van der Waals surface area contributed by atoms with Crippen molar-refractivity contribution >= 4 is 7.82 Å². The molecule has 0 aromatic heterocycles. The van der Waals surface area contributed by atoms with Crippen molar-refractivity contribution in [2.45, 2.75) is 0 Å². The molecule has 98 valence electrons. The first-order chi connectivity index (χ1) is 7.62. The fourth-order valence-corrected chi connectivity index (χ4v) is 1.13. The van der Waals surface area contributed by atoms with Crippen molar-refractivity contribution in [2.75, 3.05) is 53.9 Å². The maximum atomic E-state index is 10.7. The standard InChI is InChI=1S/C8H19O7P.Na/c1-11-3-4-13-5-6-14-7-8-15-16(9,10)12-2;/h3-8H2,1-2H3,(H,9,10);/q;+1/p-1. The van der Waals surface area contributed by atoms with Gasteiger partial charge in [-0.1, -0.05) is 0 Å². The van der Waals surface area contributed by atoms with Gasteiger partial charge in [0.15, 0.2) is 0 Å². The molecule has 0 saturated heterocycles. The summed E-state index contributed by atoms with van der Waals surface area (Å²) in [5.41, 5.74) is 0. The van der Waals surface area contributed by atoms with Gasteiger partial charge in [0.2, 0.25) is 0 Å². The second kappa shape index (κ2) is 13.4. The molecule has 17 heavy (non-hydrogen) atoms. The predicted molar refractivity (Wildman–Crippen MR) is 54.1 cm³/mol. The Morgan fingerprint density at radius 1 is 0.941 bits per heavy atom. The Balaban J connectivity index is 0. The van der Waals surface area contributed by atoms with E-state index in [9.17, 15) is 9.46 Å². The molecule has 0 fully saturated rings. The fraction of sp³-hybridized carbons (Fsp3) is 1.00. The van der Waals surface area contributed by atoms with Crippen LogP contribution in [0, 0.1) is 0 Å². The second-order valence-corrected chi connectivity index (χ2v) is 4.20. The average Bonchev–Trinajstić information content (AvgIpc) is 2.27. The Hall–Kier alpha value is 0.990. The van der Waals surface area contributed by atoms with E-state index < -0.39 is 7.82 Å². The first kappa shape index (κ1) is 20.3. The van der Waals surface area contributed by atoms with Crippen molar-refractivity contribution in [2.24, 2.45) is 0 Å². The minimum absolute atomic E-state index is 0.